The first kappa shape index (κ1) is 16.2. The van der Waals surface area contributed by atoms with Crippen molar-refractivity contribution in [1.29, 1.82) is 0 Å². The Balaban J connectivity index is 2.69. The van der Waals surface area contributed by atoms with Crippen LogP contribution >= 0.6 is 0 Å². The Morgan fingerprint density at radius 3 is 2.26 bits per heavy atom. The van der Waals surface area contributed by atoms with Gasteiger partial charge in [-0.15, -0.1) is 0 Å². The second kappa shape index (κ2) is 5.66. The third-order valence-electron chi connectivity index (χ3n) is 3.05. The summed E-state index contributed by atoms with van der Waals surface area (Å²) in [6, 6.07) is 0. The predicted octanol–water partition coefficient (Wildman–Crippen LogP) is 0.473. The molecule has 1 heterocycles. The van der Waals surface area contributed by atoms with Gasteiger partial charge in [-0.3, -0.25) is 0 Å². The van der Waals surface area contributed by atoms with E-state index in [-0.39, 0.29) is 17.6 Å². The van der Waals surface area contributed by atoms with Crippen LogP contribution in [0.15, 0.2) is 0 Å². The van der Waals surface area contributed by atoms with Gasteiger partial charge in [0.15, 0.2) is 0 Å². The van der Waals surface area contributed by atoms with Gasteiger partial charge in [0.1, 0.15) is 15.4 Å². The average molecular weight is 292 g/mol. The maximum atomic E-state index is 11.9. The third kappa shape index (κ3) is 5.36. The van der Waals surface area contributed by atoms with Crippen LogP contribution < -0.4 is 5.73 Å². The van der Waals surface area contributed by atoms with E-state index in [4.69, 9.17) is 10.5 Å². The van der Waals surface area contributed by atoms with Crippen molar-refractivity contribution >= 4 is 15.9 Å². The fourth-order valence-corrected chi connectivity index (χ4v) is 3.41. The molecule has 0 aromatic carbocycles. The highest BCUT2D eigenvalue weighted by molar-refractivity contribution is 7.90. The number of ether oxygens (including phenoxy) is 1. The highest BCUT2D eigenvalue weighted by Gasteiger charge is 2.37. The molecule has 7 heteroatoms. The van der Waals surface area contributed by atoms with Gasteiger partial charge in [0.25, 0.3) is 0 Å². The number of nitrogens with zero attached hydrogens (tertiary/aromatic N) is 1. The molecule has 19 heavy (non-hydrogen) atoms. The average Bonchev–Trinajstić information content (AvgIpc) is 2.55. The molecular weight excluding hydrogens is 268 g/mol. The molecule has 1 fully saturated rings. The lowest BCUT2D eigenvalue weighted by Gasteiger charge is -2.24. The van der Waals surface area contributed by atoms with Gasteiger partial charge in [0.05, 0.1) is 5.75 Å². The van der Waals surface area contributed by atoms with Crippen molar-refractivity contribution in [3.63, 3.8) is 0 Å². The minimum Gasteiger partial charge on any atom is -0.444 e. The van der Waals surface area contributed by atoms with Crippen LogP contribution in [0.2, 0.25) is 0 Å². The highest BCUT2D eigenvalue weighted by Crippen LogP contribution is 2.25. The van der Waals surface area contributed by atoms with Crippen molar-refractivity contribution in [2.75, 3.05) is 31.6 Å². The lowest BCUT2D eigenvalue weighted by molar-refractivity contribution is 0.0285. The highest BCUT2D eigenvalue weighted by atomic mass is 32.2. The molecule has 1 rings (SSSR count). The molecule has 0 aliphatic carbocycles. The molecule has 1 aliphatic rings. The molecule has 0 saturated carbocycles. The van der Waals surface area contributed by atoms with E-state index in [9.17, 15) is 13.2 Å². The fraction of sp³-hybridized carbons (Fsp3) is 0.917. The summed E-state index contributed by atoms with van der Waals surface area (Å²) < 4.78 is 28.0. The Bertz CT molecular complexity index is 428. The van der Waals surface area contributed by atoms with Gasteiger partial charge in [-0.05, 0) is 39.2 Å². The van der Waals surface area contributed by atoms with Gasteiger partial charge in [0.2, 0.25) is 0 Å². The lowest BCUT2D eigenvalue weighted by Crippen LogP contribution is -2.36. The van der Waals surface area contributed by atoms with Crippen LogP contribution in [-0.4, -0.2) is 56.7 Å². The Labute approximate surface area is 115 Å². The maximum Gasteiger partial charge on any atom is 0.410 e. The van der Waals surface area contributed by atoms with Gasteiger partial charge in [-0.1, -0.05) is 0 Å². The van der Waals surface area contributed by atoms with E-state index in [2.05, 4.69) is 0 Å². The molecule has 0 spiro atoms. The van der Waals surface area contributed by atoms with E-state index in [1.54, 1.807) is 25.7 Å². The normalized spacial score (nSPS) is 24.6. The number of carbonyl (C=O) groups is 1. The summed E-state index contributed by atoms with van der Waals surface area (Å²) in [4.78, 5) is 13.5. The van der Waals surface area contributed by atoms with Crippen LogP contribution in [0, 0.1) is 11.8 Å². The van der Waals surface area contributed by atoms with E-state index < -0.39 is 21.5 Å². The molecule has 6 nitrogen and oxygen atoms in total. The Morgan fingerprint density at radius 2 is 1.84 bits per heavy atom. The molecule has 112 valence electrons. The minimum absolute atomic E-state index is 0.0160. The summed E-state index contributed by atoms with van der Waals surface area (Å²) in [5.41, 5.74) is 5.11. The topological polar surface area (TPSA) is 89.7 Å². The van der Waals surface area contributed by atoms with Crippen LogP contribution in [0.5, 0.6) is 0 Å². The van der Waals surface area contributed by atoms with Gasteiger partial charge in [0, 0.05) is 19.3 Å². The summed E-state index contributed by atoms with van der Waals surface area (Å²) in [7, 11) is -3.07. The monoisotopic (exact) mass is 292 g/mol. The number of hydrogen-bond donors (Lipinski definition) is 1. The quantitative estimate of drug-likeness (QED) is 0.817. The number of hydrogen-bond acceptors (Lipinski definition) is 5. The summed E-state index contributed by atoms with van der Waals surface area (Å²) in [6.07, 6.45) is 0.804. The molecule has 2 atom stereocenters. The van der Waals surface area contributed by atoms with E-state index in [0.717, 1.165) is 0 Å². The van der Waals surface area contributed by atoms with Crippen molar-refractivity contribution < 1.29 is 17.9 Å². The van der Waals surface area contributed by atoms with Crippen LogP contribution in [0.25, 0.3) is 0 Å². The van der Waals surface area contributed by atoms with Crippen molar-refractivity contribution in [3.05, 3.63) is 0 Å². The smallest absolute Gasteiger partial charge is 0.410 e. The van der Waals surface area contributed by atoms with Crippen molar-refractivity contribution in [3.8, 4) is 0 Å². The van der Waals surface area contributed by atoms with Crippen LogP contribution in [0.1, 0.15) is 20.8 Å². The van der Waals surface area contributed by atoms with Crippen molar-refractivity contribution in [2.45, 2.75) is 26.4 Å². The number of likely N-dealkylation sites (tertiary alicyclic amines) is 1. The van der Waals surface area contributed by atoms with Crippen molar-refractivity contribution in [2.24, 2.45) is 17.6 Å². The maximum absolute atomic E-state index is 11.9. The first-order valence-corrected chi connectivity index (χ1v) is 8.43. The molecule has 1 aliphatic heterocycles. The van der Waals surface area contributed by atoms with E-state index >= 15 is 0 Å². The van der Waals surface area contributed by atoms with Crippen molar-refractivity contribution in [1.82, 2.24) is 4.90 Å². The first-order chi connectivity index (χ1) is 8.52. The third-order valence-corrected chi connectivity index (χ3v) is 4.08. The summed E-state index contributed by atoms with van der Waals surface area (Å²) in [5.74, 6) is -0.0245. The van der Waals surface area contributed by atoms with Gasteiger partial charge >= 0.3 is 6.09 Å². The summed E-state index contributed by atoms with van der Waals surface area (Å²) >= 11 is 0. The second-order valence-corrected chi connectivity index (χ2v) is 8.42. The molecule has 1 saturated heterocycles. The predicted molar refractivity (Wildman–Crippen MR) is 73.6 cm³/mol. The van der Waals surface area contributed by atoms with Gasteiger partial charge in [-0.2, -0.15) is 0 Å². The lowest BCUT2D eigenvalue weighted by atomic mass is 9.98. The fourth-order valence-electron chi connectivity index (χ4n) is 2.26. The zero-order valence-electron chi connectivity index (χ0n) is 12.0. The van der Waals surface area contributed by atoms with Crippen LogP contribution in [0.4, 0.5) is 4.79 Å². The SMILES string of the molecule is CC(C)(C)OC(=O)N1C[C@@H](CN)[C@H](CS(C)(=O)=O)C1. The molecule has 1 amide bonds. The molecule has 0 aromatic heterocycles. The molecular formula is C12H24N2O4S. The number of amides is 1. The molecule has 0 radical (unpaired) electrons. The number of rotatable bonds is 3. The standard InChI is InChI=1S/C12H24N2O4S/c1-12(2,3)18-11(15)14-6-9(5-13)10(7-14)8-19(4,16)17/h9-10H,5-8,13H2,1-4H3/t9-,10+/m1/s1. The zero-order valence-corrected chi connectivity index (χ0v) is 12.9. The Morgan fingerprint density at radius 1 is 1.32 bits per heavy atom. The summed E-state index contributed by atoms with van der Waals surface area (Å²) in [5, 5.41) is 0. The Kier molecular flexibility index (Phi) is 4.84. The van der Waals surface area contributed by atoms with E-state index in [1.807, 2.05) is 0 Å². The molecule has 2 N–H and O–H groups in total. The van der Waals surface area contributed by atoms with E-state index in [1.165, 1.54) is 6.26 Å². The van der Waals surface area contributed by atoms with Crippen LogP contribution in [0.3, 0.4) is 0 Å². The second-order valence-electron chi connectivity index (χ2n) is 6.23. The van der Waals surface area contributed by atoms with Gasteiger partial charge < -0.3 is 15.4 Å². The summed E-state index contributed by atoms with van der Waals surface area (Å²) in [6.45, 7) is 6.63. The molecule has 0 unspecified atom stereocenters. The number of nitrogens with two attached hydrogens (primary N) is 1. The minimum atomic E-state index is -3.07. The Hall–Kier alpha value is -0.820. The molecule has 0 aromatic rings. The van der Waals surface area contributed by atoms with Gasteiger partial charge in [-0.25, -0.2) is 13.2 Å². The first-order valence-electron chi connectivity index (χ1n) is 6.37. The molecule has 0 bridgehead atoms. The van der Waals surface area contributed by atoms with Crippen LogP contribution in [-0.2, 0) is 14.6 Å². The zero-order chi connectivity index (χ0) is 14.8. The largest absolute Gasteiger partial charge is 0.444 e. The number of carbonyl (C=O) groups excluding carboxylic acids is 1. The van der Waals surface area contributed by atoms with E-state index in [0.29, 0.717) is 19.6 Å². The number of sulfone groups is 1.